The summed E-state index contributed by atoms with van der Waals surface area (Å²) in [5.74, 6) is -0.394. The molecule has 2 amide bonds. The zero-order valence-electron chi connectivity index (χ0n) is 16.0. The van der Waals surface area contributed by atoms with Crippen molar-refractivity contribution in [1.82, 2.24) is 10.2 Å². The number of hydrogen-bond donors (Lipinski definition) is 1. The summed E-state index contributed by atoms with van der Waals surface area (Å²) in [5, 5.41) is 4.26. The van der Waals surface area contributed by atoms with Gasteiger partial charge in [-0.05, 0) is 56.2 Å². The Kier molecular flexibility index (Phi) is 8.17. The van der Waals surface area contributed by atoms with Gasteiger partial charge < -0.3 is 10.2 Å². The molecule has 0 spiro atoms. The van der Waals surface area contributed by atoms with E-state index in [0.717, 1.165) is 11.1 Å². The Morgan fingerprint density at radius 3 is 2.29 bits per heavy atom. The van der Waals surface area contributed by atoms with E-state index in [9.17, 15) is 9.59 Å². The number of carbonyl (C=O) groups excluding carboxylic acids is 2. The van der Waals surface area contributed by atoms with Crippen LogP contribution in [0, 0.1) is 0 Å². The Morgan fingerprint density at radius 2 is 1.68 bits per heavy atom. The third kappa shape index (κ3) is 6.40. The maximum absolute atomic E-state index is 13.1. The van der Waals surface area contributed by atoms with Gasteiger partial charge in [0.15, 0.2) is 0 Å². The normalized spacial score (nSPS) is 12.0. The molecule has 0 fully saturated rings. The number of hydrogen-bond acceptors (Lipinski definition) is 2. The van der Waals surface area contributed by atoms with Crippen LogP contribution < -0.4 is 5.32 Å². The van der Waals surface area contributed by atoms with E-state index in [-0.39, 0.29) is 30.8 Å². The molecule has 2 aromatic rings. The van der Waals surface area contributed by atoms with Gasteiger partial charge in [-0.2, -0.15) is 0 Å². The molecule has 2 rings (SSSR count). The predicted molar refractivity (Wildman–Crippen MR) is 115 cm³/mol. The second-order valence-corrected chi connectivity index (χ2v) is 8.17. The quantitative estimate of drug-likeness (QED) is 0.647. The van der Waals surface area contributed by atoms with Crippen molar-refractivity contribution < 1.29 is 9.59 Å². The summed E-state index contributed by atoms with van der Waals surface area (Å²) in [5.41, 5.74) is 1.58. The first-order valence-electron chi connectivity index (χ1n) is 8.95. The minimum absolute atomic E-state index is 0.0233. The molecule has 0 heterocycles. The van der Waals surface area contributed by atoms with Crippen LogP contribution in [-0.4, -0.2) is 28.8 Å². The van der Waals surface area contributed by atoms with Crippen molar-refractivity contribution in [2.24, 2.45) is 0 Å². The second-order valence-electron chi connectivity index (χ2n) is 6.92. The number of benzene rings is 2. The van der Waals surface area contributed by atoms with Crippen molar-refractivity contribution in [2.75, 3.05) is 0 Å². The number of carbonyl (C=O) groups is 2. The zero-order chi connectivity index (χ0) is 20.8. The standard InChI is InChI=1S/C21H23Cl3N2O2/c1-13(2)25-21(28)14(3)26(12-16-7-8-18(23)19(24)10-16)20(27)11-15-5-4-6-17(22)9-15/h4-10,13-14H,11-12H2,1-3H3,(H,25,28)/t14-/m1/s1. The first-order chi connectivity index (χ1) is 13.2. The van der Waals surface area contributed by atoms with Crippen LogP contribution in [0.15, 0.2) is 42.5 Å². The molecule has 1 atom stereocenters. The molecule has 0 aromatic heterocycles. The molecule has 150 valence electrons. The smallest absolute Gasteiger partial charge is 0.242 e. The first-order valence-corrected chi connectivity index (χ1v) is 10.1. The summed E-state index contributed by atoms with van der Waals surface area (Å²) in [6, 6.07) is 11.6. The summed E-state index contributed by atoms with van der Waals surface area (Å²) in [4.78, 5) is 27.1. The van der Waals surface area contributed by atoms with E-state index in [1.54, 1.807) is 43.3 Å². The van der Waals surface area contributed by atoms with Crippen LogP contribution in [-0.2, 0) is 22.6 Å². The lowest BCUT2D eigenvalue weighted by Gasteiger charge is -2.29. The van der Waals surface area contributed by atoms with Crippen LogP contribution in [0.5, 0.6) is 0 Å². The van der Waals surface area contributed by atoms with Gasteiger partial charge in [0.1, 0.15) is 6.04 Å². The maximum atomic E-state index is 13.1. The minimum Gasteiger partial charge on any atom is -0.352 e. The Morgan fingerprint density at radius 1 is 0.964 bits per heavy atom. The highest BCUT2D eigenvalue weighted by atomic mass is 35.5. The van der Waals surface area contributed by atoms with Crippen molar-refractivity contribution in [3.05, 3.63) is 68.7 Å². The number of nitrogens with one attached hydrogen (secondary N) is 1. The molecule has 7 heteroatoms. The van der Waals surface area contributed by atoms with Gasteiger partial charge in [0.25, 0.3) is 0 Å². The molecular weight excluding hydrogens is 419 g/mol. The van der Waals surface area contributed by atoms with Crippen molar-refractivity contribution in [3.63, 3.8) is 0 Å². The van der Waals surface area contributed by atoms with Gasteiger partial charge in [0.2, 0.25) is 11.8 Å². The molecular formula is C21H23Cl3N2O2. The van der Waals surface area contributed by atoms with E-state index in [0.29, 0.717) is 15.1 Å². The number of rotatable bonds is 7. The molecule has 0 bridgehead atoms. The Labute approximate surface area is 180 Å². The van der Waals surface area contributed by atoms with Crippen molar-refractivity contribution in [2.45, 2.75) is 45.8 Å². The molecule has 0 unspecified atom stereocenters. The number of nitrogens with zero attached hydrogens (tertiary/aromatic N) is 1. The largest absolute Gasteiger partial charge is 0.352 e. The summed E-state index contributed by atoms with van der Waals surface area (Å²) in [6.07, 6.45) is 0.140. The van der Waals surface area contributed by atoms with Crippen LogP contribution in [0.2, 0.25) is 15.1 Å². The van der Waals surface area contributed by atoms with E-state index in [2.05, 4.69) is 5.32 Å². The molecule has 0 radical (unpaired) electrons. The molecule has 0 aliphatic rings. The van der Waals surface area contributed by atoms with Gasteiger partial charge in [-0.15, -0.1) is 0 Å². The highest BCUT2D eigenvalue weighted by Crippen LogP contribution is 2.24. The van der Waals surface area contributed by atoms with E-state index < -0.39 is 6.04 Å². The van der Waals surface area contributed by atoms with Crippen molar-refractivity contribution >= 4 is 46.6 Å². The highest BCUT2D eigenvalue weighted by molar-refractivity contribution is 6.42. The molecule has 1 N–H and O–H groups in total. The van der Waals surface area contributed by atoms with E-state index in [4.69, 9.17) is 34.8 Å². The topological polar surface area (TPSA) is 49.4 Å². The Bertz CT molecular complexity index is 855. The molecule has 0 aliphatic carbocycles. The summed E-state index contributed by atoms with van der Waals surface area (Å²) in [7, 11) is 0. The first kappa shape index (κ1) is 22.5. The predicted octanol–water partition coefficient (Wildman–Crippen LogP) is 5.13. The minimum atomic E-state index is -0.650. The average Bonchev–Trinajstić information content (AvgIpc) is 2.61. The summed E-state index contributed by atoms with van der Waals surface area (Å²) >= 11 is 18.1. The van der Waals surface area contributed by atoms with Gasteiger partial charge in [0.05, 0.1) is 16.5 Å². The lowest BCUT2D eigenvalue weighted by atomic mass is 10.1. The highest BCUT2D eigenvalue weighted by Gasteiger charge is 2.26. The van der Waals surface area contributed by atoms with Crippen molar-refractivity contribution in [1.29, 1.82) is 0 Å². The fraction of sp³-hybridized carbons (Fsp3) is 0.333. The van der Waals surface area contributed by atoms with Crippen LogP contribution in [0.25, 0.3) is 0 Å². The molecule has 28 heavy (non-hydrogen) atoms. The van der Waals surface area contributed by atoms with Crippen LogP contribution in [0.1, 0.15) is 31.9 Å². The van der Waals surface area contributed by atoms with Crippen molar-refractivity contribution in [3.8, 4) is 0 Å². The number of halogens is 3. The fourth-order valence-electron chi connectivity index (χ4n) is 2.75. The van der Waals surface area contributed by atoms with Gasteiger partial charge in [0, 0.05) is 17.6 Å². The monoisotopic (exact) mass is 440 g/mol. The van der Waals surface area contributed by atoms with E-state index in [1.165, 1.54) is 4.90 Å². The molecule has 0 saturated heterocycles. The lowest BCUT2D eigenvalue weighted by molar-refractivity contribution is -0.140. The Hall–Kier alpha value is -1.75. The third-order valence-electron chi connectivity index (χ3n) is 4.18. The molecule has 0 aliphatic heterocycles. The van der Waals surface area contributed by atoms with Gasteiger partial charge >= 0.3 is 0 Å². The average molecular weight is 442 g/mol. The van der Waals surface area contributed by atoms with Crippen LogP contribution in [0.4, 0.5) is 0 Å². The second kappa shape index (κ2) is 10.1. The lowest BCUT2D eigenvalue weighted by Crippen LogP contribution is -2.49. The third-order valence-corrected chi connectivity index (χ3v) is 5.15. The van der Waals surface area contributed by atoms with E-state index >= 15 is 0 Å². The summed E-state index contributed by atoms with van der Waals surface area (Å²) < 4.78 is 0. The van der Waals surface area contributed by atoms with Crippen LogP contribution >= 0.6 is 34.8 Å². The fourth-order valence-corrected chi connectivity index (χ4v) is 3.28. The molecule has 2 aromatic carbocycles. The zero-order valence-corrected chi connectivity index (χ0v) is 18.3. The van der Waals surface area contributed by atoms with Gasteiger partial charge in [-0.25, -0.2) is 0 Å². The SMILES string of the molecule is CC(C)NC(=O)[C@@H](C)N(Cc1ccc(Cl)c(Cl)c1)C(=O)Cc1cccc(Cl)c1. The summed E-state index contributed by atoms with van der Waals surface area (Å²) in [6.45, 7) is 5.71. The van der Waals surface area contributed by atoms with E-state index in [1.807, 2.05) is 19.9 Å². The Balaban J connectivity index is 2.27. The molecule has 4 nitrogen and oxygen atoms in total. The van der Waals surface area contributed by atoms with Gasteiger partial charge in [-0.1, -0.05) is 53.0 Å². The molecule has 0 saturated carbocycles. The van der Waals surface area contributed by atoms with Gasteiger partial charge in [-0.3, -0.25) is 9.59 Å². The van der Waals surface area contributed by atoms with Crippen LogP contribution in [0.3, 0.4) is 0 Å². The maximum Gasteiger partial charge on any atom is 0.242 e. The number of amides is 2.